The second-order valence-electron chi connectivity index (χ2n) is 5.79. The summed E-state index contributed by atoms with van der Waals surface area (Å²) in [5, 5.41) is 0. The fraction of sp³-hybridized carbons (Fsp3) is 0.353. The quantitative estimate of drug-likeness (QED) is 0.844. The predicted octanol–water partition coefficient (Wildman–Crippen LogP) is 2.84. The molecule has 0 N–H and O–H groups in total. The van der Waals surface area contributed by atoms with Gasteiger partial charge in [0.25, 0.3) is 0 Å². The van der Waals surface area contributed by atoms with E-state index in [-0.39, 0.29) is 10.9 Å². The summed E-state index contributed by atoms with van der Waals surface area (Å²) >= 11 is 0. The molecule has 0 saturated heterocycles. The van der Waals surface area contributed by atoms with E-state index < -0.39 is 10.0 Å². The summed E-state index contributed by atoms with van der Waals surface area (Å²) < 4.78 is 27.2. The Balaban J connectivity index is 2.40. The Morgan fingerprint density at radius 3 is 2.35 bits per heavy atom. The maximum atomic E-state index is 12.9. The Hall–Kier alpha value is -1.92. The molecule has 1 aromatic carbocycles. The molecule has 0 aliphatic carbocycles. The number of hydrogen-bond acceptors (Lipinski definition) is 4. The molecule has 1 atom stereocenters. The Morgan fingerprint density at radius 2 is 1.78 bits per heavy atom. The van der Waals surface area contributed by atoms with Crippen LogP contribution in [-0.2, 0) is 10.0 Å². The minimum Gasteiger partial charge on any atom is -0.377 e. The van der Waals surface area contributed by atoms with Gasteiger partial charge in [-0.2, -0.15) is 4.31 Å². The third-order valence-corrected chi connectivity index (χ3v) is 5.92. The lowest BCUT2D eigenvalue weighted by molar-refractivity contribution is 0.392. The molecule has 0 spiro atoms. The van der Waals surface area contributed by atoms with Crippen molar-refractivity contribution in [1.82, 2.24) is 9.29 Å². The van der Waals surface area contributed by atoms with E-state index >= 15 is 0 Å². The van der Waals surface area contributed by atoms with Crippen LogP contribution < -0.4 is 4.90 Å². The zero-order chi connectivity index (χ0) is 17.2. The second-order valence-corrected chi connectivity index (χ2v) is 7.79. The molecule has 0 saturated carbocycles. The number of rotatable bonds is 5. The van der Waals surface area contributed by atoms with Crippen molar-refractivity contribution < 1.29 is 8.42 Å². The maximum absolute atomic E-state index is 12.9. The van der Waals surface area contributed by atoms with Gasteiger partial charge < -0.3 is 4.90 Å². The van der Waals surface area contributed by atoms with Crippen LogP contribution >= 0.6 is 0 Å². The van der Waals surface area contributed by atoms with Crippen LogP contribution in [0.4, 0.5) is 5.69 Å². The van der Waals surface area contributed by atoms with Gasteiger partial charge in [-0.25, -0.2) is 8.42 Å². The zero-order valence-electron chi connectivity index (χ0n) is 14.2. The van der Waals surface area contributed by atoms with E-state index in [4.69, 9.17) is 0 Å². The third-order valence-electron chi connectivity index (χ3n) is 4.00. The number of aromatic nitrogens is 1. The molecule has 1 aromatic heterocycles. The first-order valence-electron chi connectivity index (χ1n) is 7.42. The van der Waals surface area contributed by atoms with Crippen molar-refractivity contribution in [3.8, 4) is 0 Å². The summed E-state index contributed by atoms with van der Waals surface area (Å²) in [7, 11) is 1.80. The number of aryl methyl sites for hydroxylation is 1. The van der Waals surface area contributed by atoms with Crippen molar-refractivity contribution in [3.05, 3.63) is 53.9 Å². The fourth-order valence-corrected chi connectivity index (χ4v) is 3.77. The van der Waals surface area contributed by atoms with Crippen LogP contribution in [0, 0.1) is 6.92 Å². The van der Waals surface area contributed by atoms with Gasteiger partial charge in [0, 0.05) is 33.0 Å². The van der Waals surface area contributed by atoms with Crippen molar-refractivity contribution >= 4 is 15.7 Å². The predicted molar refractivity (Wildman–Crippen MR) is 93.1 cm³/mol. The Morgan fingerprint density at radius 1 is 1.09 bits per heavy atom. The average Bonchev–Trinajstić information content (AvgIpc) is 2.54. The number of pyridine rings is 1. The number of hydrogen-bond donors (Lipinski definition) is 0. The summed E-state index contributed by atoms with van der Waals surface area (Å²) in [5.74, 6) is 0. The molecule has 0 radical (unpaired) electrons. The van der Waals surface area contributed by atoms with Crippen LogP contribution in [0.3, 0.4) is 0 Å². The van der Waals surface area contributed by atoms with Crippen LogP contribution in [0.2, 0.25) is 0 Å². The van der Waals surface area contributed by atoms with Gasteiger partial charge in [0.15, 0.2) is 0 Å². The average molecular weight is 333 g/mol. The molecule has 23 heavy (non-hydrogen) atoms. The second kappa shape index (κ2) is 6.68. The SMILES string of the molecule is Cc1ccc(S(=O)(=O)N(C)[C@@H](C)c2ccccn2)cc1N(C)C. The van der Waals surface area contributed by atoms with E-state index in [2.05, 4.69) is 4.98 Å². The molecule has 124 valence electrons. The van der Waals surface area contributed by atoms with Gasteiger partial charge in [0.1, 0.15) is 0 Å². The minimum atomic E-state index is -3.59. The van der Waals surface area contributed by atoms with Crippen LogP contribution in [0.1, 0.15) is 24.2 Å². The van der Waals surface area contributed by atoms with Crippen LogP contribution in [0.15, 0.2) is 47.5 Å². The molecular formula is C17H23N3O2S. The van der Waals surface area contributed by atoms with Gasteiger partial charge in [-0.05, 0) is 43.7 Å². The van der Waals surface area contributed by atoms with Gasteiger partial charge in [-0.1, -0.05) is 12.1 Å². The lowest BCUT2D eigenvalue weighted by Crippen LogP contribution is -2.30. The standard InChI is InChI=1S/C17H23N3O2S/c1-13-9-10-15(12-17(13)19(3)4)23(21,22)20(5)14(2)16-8-6-7-11-18-16/h6-12,14H,1-5H3/t14-/m0/s1. The first-order chi connectivity index (χ1) is 10.7. The maximum Gasteiger partial charge on any atom is 0.243 e. The van der Waals surface area contributed by atoms with Gasteiger partial charge >= 0.3 is 0 Å². The van der Waals surface area contributed by atoms with Crippen molar-refractivity contribution in [2.75, 3.05) is 26.0 Å². The minimum absolute atomic E-state index is 0.289. The number of benzene rings is 1. The molecule has 2 aromatic rings. The van der Waals surface area contributed by atoms with Gasteiger partial charge in [0.2, 0.25) is 10.0 Å². The topological polar surface area (TPSA) is 53.5 Å². The molecule has 0 aliphatic heterocycles. The Kier molecular flexibility index (Phi) is 5.06. The molecular weight excluding hydrogens is 310 g/mol. The third kappa shape index (κ3) is 3.54. The highest BCUT2D eigenvalue weighted by Crippen LogP contribution is 2.28. The summed E-state index contributed by atoms with van der Waals surface area (Å²) in [5.41, 5.74) is 2.65. The zero-order valence-corrected chi connectivity index (χ0v) is 15.0. The van der Waals surface area contributed by atoms with Crippen LogP contribution in [0.25, 0.3) is 0 Å². The van der Waals surface area contributed by atoms with Crippen molar-refractivity contribution in [2.45, 2.75) is 24.8 Å². The van der Waals surface area contributed by atoms with Crippen LogP contribution in [-0.4, -0.2) is 38.9 Å². The molecule has 0 fully saturated rings. The van der Waals surface area contributed by atoms with Crippen molar-refractivity contribution in [1.29, 1.82) is 0 Å². The molecule has 0 amide bonds. The van der Waals surface area contributed by atoms with E-state index in [1.807, 2.05) is 57.1 Å². The molecule has 2 rings (SSSR count). The summed E-state index contributed by atoms with van der Waals surface area (Å²) in [4.78, 5) is 6.45. The first-order valence-corrected chi connectivity index (χ1v) is 8.86. The Bertz CT molecular complexity index is 774. The van der Waals surface area contributed by atoms with Crippen molar-refractivity contribution in [2.24, 2.45) is 0 Å². The van der Waals surface area contributed by atoms with Crippen molar-refractivity contribution in [3.63, 3.8) is 0 Å². The molecule has 6 heteroatoms. The first kappa shape index (κ1) is 17.4. The largest absolute Gasteiger partial charge is 0.377 e. The Labute approximate surface area is 138 Å². The van der Waals surface area contributed by atoms with E-state index in [0.29, 0.717) is 0 Å². The molecule has 1 heterocycles. The van der Waals surface area contributed by atoms with Crippen LogP contribution in [0.5, 0.6) is 0 Å². The summed E-state index contributed by atoms with van der Waals surface area (Å²) in [6.45, 7) is 3.80. The highest BCUT2D eigenvalue weighted by molar-refractivity contribution is 7.89. The smallest absolute Gasteiger partial charge is 0.243 e. The van der Waals surface area contributed by atoms with Gasteiger partial charge in [-0.3, -0.25) is 4.98 Å². The monoisotopic (exact) mass is 333 g/mol. The van der Waals surface area contributed by atoms with Gasteiger partial charge in [0.05, 0.1) is 16.6 Å². The van der Waals surface area contributed by atoms with E-state index in [1.165, 1.54) is 4.31 Å². The van der Waals surface area contributed by atoms with E-state index in [9.17, 15) is 8.42 Å². The van der Waals surface area contributed by atoms with E-state index in [1.54, 1.807) is 25.4 Å². The number of nitrogens with zero attached hydrogens (tertiary/aromatic N) is 3. The number of sulfonamides is 1. The van der Waals surface area contributed by atoms with E-state index in [0.717, 1.165) is 16.9 Å². The molecule has 0 bridgehead atoms. The normalized spacial score (nSPS) is 13.1. The summed E-state index contributed by atoms with van der Waals surface area (Å²) in [6.07, 6.45) is 1.67. The summed E-state index contributed by atoms with van der Waals surface area (Å²) in [6, 6.07) is 10.4. The molecule has 0 aliphatic rings. The van der Waals surface area contributed by atoms with Gasteiger partial charge in [-0.15, -0.1) is 0 Å². The lowest BCUT2D eigenvalue weighted by atomic mass is 10.2. The highest BCUT2D eigenvalue weighted by atomic mass is 32.2. The fourth-order valence-electron chi connectivity index (χ4n) is 2.42. The molecule has 0 unspecified atom stereocenters. The lowest BCUT2D eigenvalue weighted by Gasteiger charge is -2.25. The highest BCUT2D eigenvalue weighted by Gasteiger charge is 2.27. The molecule has 5 nitrogen and oxygen atoms in total. The number of anilines is 1.